The van der Waals surface area contributed by atoms with E-state index in [1.165, 1.54) is 26.0 Å². The van der Waals surface area contributed by atoms with Crippen molar-refractivity contribution >= 4 is 80.3 Å². The van der Waals surface area contributed by atoms with Crippen molar-refractivity contribution in [3.63, 3.8) is 0 Å². The van der Waals surface area contributed by atoms with Gasteiger partial charge in [-0.05, 0) is 91.9 Å². The predicted octanol–water partition coefficient (Wildman–Crippen LogP) is 8.67. The molecule has 6 aliphatic rings. The van der Waals surface area contributed by atoms with Crippen LogP contribution in [0, 0.1) is 16.7 Å². The Labute approximate surface area is 582 Å². The molecule has 101 heavy (non-hydrogen) atoms. The highest BCUT2D eigenvalue weighted by Gasteiger charge is 2.78. The highest BCUT2D eigenvalue weighted by molar-refractivity contribution is 6.50. The van der Waals surface area contributed by atoms with Crippen LogP contribution in [0.2, 0.25) is 0 Å². The van der Waals surface area contributed by atoms with Gasteiger partial charge in [0.2, 0.25) is 0 Å². The number of aromatic nitrogens is 3. The van der Waals surface area contributed by atoms with Crippen LogP contribution in [0.5, 0.6) is 0 Å². The van der Waals surface area contributed by atoms with Gasteiger partial charge in [0.05, 0.1) is 52.5 Å². The van der Waals surface area contributed by atoms with Gasteiger partial charge >= 0.3 is 23.9 Å². The van der Waals surface area contributed by atoms with Gasteiger partial charge in [0.1, 0.15) is 23.9 Å². The summed E-state index contributed by atoms with van der Waals surface area (Å²) in [6.07, 6.45) is -2.60. The Kier molecular flexibility index (Phi) is 18.8. The monoisotopic (exact) mass is 1370 g/mol. The SMILES string of the molecule is CC(=O)O[C@H]1C(=O)[C@@]2(C)[C@H]([C@H](OC(=O)c3ccccc3)[C@]3(O)C[C@H](OC(=O)[C@H](O)[C@@H](NC(=O)c4ccccc4)c4ccccc4)C(C)=C1C3(C)C)[C@]1(OC(C)=O)CO[C@@H]1C[C@@H]2O.Cn1cc(C2=C(c3cn(C4CCN(Cc5ccccn5)CC4)c4ccccc34)C(=O)NC2=O)c2ccccc21. The molecule has 2 saturated heterocycles. The minimum absolute atomic E-state index is 0.00289. The number of hydrogen-bond acceptors (Lipinski definition) is 18. The number of amides is 3. The molecule has 2 saturated carbocycles. The summed E-state index contributed by atoms with van der Waals surface area (Å²) in [5, 5.41) is 44.8. The zero-order valence-electron chi connectivity index (χ0n) is 57.0. The number of esters is 4. The number of aliphatic hydroxyl groups excluding tert-OH is 2. The first-order chi connectivity index (χ1) is 48.4. The molecular weight excluding hydrogens is 1290 g/mol. The molecule has 22 heteroatoms. The van der Waals surface area contributed by atoms with Crippen LogP contribution in [0.3, 0.4) is 0 Å². The maximum Gasteiger partial charge on any atom is 0.338 e. The van der Waals surface area contributed by atoms with E-state index in [1.54, 1.807) is 92.7 Å². The van der Waals surface area contributed by atoms with Gasteiger partial charge in [-0.3, -0.25) is 44.0 Å². The molecular formula is C79H80N6O16. The first-order valence-electron chi connectivity index (χ1n) is 33.9. The fourth-order valence-electron chi connectivity index (χ4n) is 16.5. The summed E-state index contributed by atoms with van der Waals surface area (Å²) in [5.74, 6) is -7.52. The molecule has 5 aromatic carbocycles. The molecule has 5 N–H and O–H groups in total. The number of Topliss-reactive ketones (excluding diaryl/α,β-unsaturated/α-hetero) is 1. The number of aryl methyl sites for hydroxylation is 1. The number of nitrogens with zero attached hydrogens (tertiary/aromatic N) is 4. The number of fused-ring (bicyclic) bond motifs is 7. The number of ketones is 1. The molecule has 22 nitrogen and oxygen atoms in total. The second-order valence-electron chi connectivity index (χ2n) is 27.9. The molecule has 0 unspecified atom stereocenters. The number of pyridine rings is 1. The van der Waals surface area contributed by atoms with Crippen LogP contribution < -0.4 is 10.6 Å². The quantitative estimate of drug-likeness (QED) is 0.0277. The van der Waals surface area contributed by atoms with Crippen molar-refractivity contribution < 1.29 is 77.4 Å². The number of hydrogen-bond donors (Lipinski definition) is 5. The molecule has 4 fully saturated rings. The zero-order chi connectivity index (χ0) is 71.4. The number of benzene rings is 5. The Morgan fingerprint density at radius 1 is 0.723 bits per heavy atom. The van der Waals surface area contributed by atoms with Crippen LogP contribution in [0.15, 0.2) is 187 Å². The third-order valence-corrected chi connectivity index (χ3v) is 21.6. The second-order valence-corrected chi connectivity index (χ2v) is 27.9. The fraction of sp³-hybridized carbons (Fsp3) is 0.354. The Hall–Kier alpha value is -10.2. The van der Waals surface area contributed by atoms with Gasteiger partial charge in [-0.2, -0.15) is 0 Å². The molecule has 8 aromatic rings. The van der Waals surface area contributed by atoms with E-state index in [0.29, 0.717) is 22.8 Å². The number of aliphatic hydroxyl groups is 3. The van der Waals surface area contributed by atoms with Crippen molar-refractivity contribution in [2.75, 3.05) is 19.7 Å². The van der Waals surface area contributed by atoms with E-state index in [9.17, 15) is 48.9 Å². The Balaban J connectivity index is 0.000000199. The summed E-state index contributed by atoms with van der Waals surface area (Å²) in [7, 11) is 1.97. The van der Waals surface area contributed by atoms with Gasteiger partial charge in [0.25, 0.3) is 17.7 Å². The lowest BCUT2D eigenvalue weighted by molar-refractivity contribution is -0.346. The summed E-state index contributed by atoms with van der Waals surface area (Å²) in [5.41, 5.74) is -1.31. The fourth-order valence-corrected chi connectivity index (χ4v) is 16.5. The lowest BCUT2D eigenvalue weighted by Gasteiger charge is -2.67. The first-order valence-corrected chi connectivity index (χ1v) is 33.9. The third-order valence-electron chi connectivity index (χ3n) is 21.6. The molecule has 3 amide bonds. The van der Waals surface area contributed by atoms with Gasteiger partial charge in [-0.1, -0.05) is 123 Å². The molecule has 0 radical (unpaired) electrons. The van der Waals surface area contributed by atoms with E-state index in [1.807, 2.05) is 72.5 Å². The van der Waals surface area contributed by atoms with E-state index >= 15 is 4.79 Å². The van der Waals surface area contributed by atoms with E-state index in [0.717, 1.165) is 85.0 Å². The van der Waals surface area contributed by atoms with E-state index in [-0.39, 0.29) is 47.1 Å². The van der Waals surface area contributed by atoms with Crippen LogP contribution >= 0.6 is 0 Å². The Bertz CT molecular complexity index is 4640. The van der Waals surface area contributed by atoms with Crippen molar-refractivity contribution in [3.05, 3.63) is 221 Å². The summed E-state index contributed by atoms with van der Waals surface area (Å²) < 4.78 is 34.6. The molecule has 3 aliphatic heterocycles. The maximum atomic E-state index is 15.5. The number of rotatable bonds is 15. The normalized spacial score (nSPS) is 26.1. The molecule has 2 bridgehead atoms. The third kappa shape index (κ3) is 12.3. The topological polar surface area (TPSA) is 293 Å². The minimum Gasteiger partial charge on any atom is -0.456 e. The number of nitrogens with one attached hydrogen (secondary N) is 2. The molecule has 0 spiro atoms. The number of carbonyl (C=O) groups is 8. The standard InChI is InChI=1S/C47H51NO14.C32H29N5O2/c1-25-31(60-43(56)36(52)35(28-16-10-7-11-17-28)48-41(54)29-18-12-8-13-19-29)23-47(57)40(61-42(55)30-20-14-9-15-21-30)38-45(6,32(51)22-33-46(38,24-58-33)62-27(3)50)39(53)37(59-26(2)49)34(25)44(47,4)5;1-35-19-25(23-9-2-4-11-27(23)35)29-30(32(39)34-31(29)38)26-20-37(28-12-5-3-10-24(26)28)22-13-16-36(17-14-22)18-21-8-6-7-15-33-21/h7-21,31-33,35-38,40,51-52,57H,22-24H2,1-6H3,(H,48,54);2-12,15,19-20,22H,13-14,16-18H2,1H3,(H,34,38,39)/t31-,32-,33+,35-,36+,37+,38-,40-,45+,46-,47+;/m0./s1. The summed E-state index contributed by atoms with van der Waals surface area (Å²) in [6, 6.07) is 45.5. The smallest absolute Gasteiger partial charge is 0.338 e. The van der Waals surface area contributed by atoms with Crippen LogP contribution in [0.4, 0.5) is 0 Å². The largest absolute Gasteiger partial charge is 0.456 e. The number of likely N-dealkylation sites (tertiary alicyclic amines) is 1. The molecule has 6 heterocycles. The minimum atomic E-state index is -2.39. The number of carbonyl (C=O) groups excluding carboxylic acids is 8. The van der Waals surface area contributed by atoms with Crippen LogP contribution in [-0.2, 0) is 66.0 Å². The van der Waals surface area contributed by atoms with Crippen molar-refractivity contribution in [3.8, 4) is 0 Å². The Morgan fingerprint density at radius 2 is 1.31 bits per heavy atom. The maximum absolute atomic E-state index is 15.5. The molecule has 3 aromatic heterocycles. The van der Waals surface area contributed by atoms with Gasteiger partial charge in [-0.15, -0.1) is 0 Å². The lowest BCUT2D eigenvalue weighted by atomic mass is 9.44. The van der Waals surface area contributed by atoms with E-state index < -0.39 is 113 Å². The van der Waals surface area contributed by atoms with Gasteiger partial charge in [0.15, 0.2) is 23.6 Å². The van der Waals surface area contributed by atoms with Crippen LogP contribution in [-0.4, -0.2) is 149 Å². The van der Waals surface area contributed by atoms with Crippen molar-refractivity contribution in [1.29, 1.82) is 0 Å². The highest BCUT2D eigenvalue weighted by Crippen LogP contribution is 2.64. The van der Waals surface area contributed by atoms with Crippen molar-refractivity contribution in [1.82, 2.24) is 29.7 Å². The van der Waals surface area contributed by atoms with Gasteiger partial charge in [-0.25, -0.2) is 9.59 Å². The van der Waals surface area contributed by atoms with Crippen molar-refractivity contribution in [2.24, 2.45) is 23.8 Å². The Morgan fingerprint density at radius 3 is 1.91 bits per heavy atom. The van der Waals surface area contributed by atoms with Crippen LogP contribution in [0.25, 0.3) is 33.0 Å². The molecule has 14 rings (SSSR count). The van der Waals surface area contributed by atoms with Gasteiger partial charge < -0.3 is 53.5 Å². The summed E-state index contributed by atoms with van der Waals surface area (Å²) in [6.45, 7) is 10.8. The van der Waals surface area contributed by atoms with Gasteiger partial charge in [0, 0.05) is 122 Å². The first kappa shape index (κ1) is 69.3. The van der Waals surface area contributed by atoms with Crippen molar-refractivity contribution in [2.45, 2.75) is 134 Å². The number of para-hydroxylation sites is 2. The highest BCUT2D eigenvalue weighted by atomic mass is 16.6. The molecule has 11 atom stereocenters. The summed E-state index contributed by atoms with van der Waals surface area (Å²) in [4.78, 5) is 117. The number of imide groups is 1. The zero-order valence-corrected chi connectivity index (χ0v) is 57.0. The second kappa shape index (κ2) is 27.4. The lowest BCUT2D eigenvalue weighted by Crippen LogP contribution is -2.82. The summed E-state index contributed by atoms with van der Waals surface area (Å²) >= 11 is 0. The molecule has 522 valence electrons. The predicted molar refractivity (Wildman–Crippen MR) is 370 cm³/mol. The number of piperidine rings is 1. The number of ether oxygens (including phenoxy) is 5. The molecule has 3 aliphatic carbocycles. The average Bonchev–Trinajstić information content (AvgIpc) is 1.30. The van der Waals surface area contributed by atoms with E-state index in [4.69, 9.17) is 23.7 Å². The van der Waals surface area contributed by atoms with E-state index in [2.05, 4.69) is 49.5 Å². The van der Waals surface area contributed by atoms with Crippen LogP contribution in [0.1, 0.15) is 122 Å². The average molecular weight is 1370 g/mol.